The van der Waals surface area contributed by atoms with E-state index in [0.717, 1.165) is 21.9 Å². The van der Waals surface area contributed by atoms with E-state index in [1.807, 2.05) is 41.8 Å². The first-order valence-corrected chi connectivity index (χ1v) is 7.71. The monoisotopic (exact) mass is 320 g/mol. The summed E-state index contributed by atoms with van der Waals surface area (Å²) in [6.45, 7) is 4.04. The molecular formula is C15H13ClN2O2S. The minimum atomic E-state index is -0.301. The first-order chi connectivity index (χ1) is 10.1. The number of thiazole rings is 1. The predicted octanol–water partition coefficient (Wildman–Crippen LogP) is 4.20. The maximum atomic E-state index is 11.9. The van der Waals surface area contributed by atoms with Crippen molar-refractivity contribution in [3.05, 3.63) is 46.1 Å². The number of aryl methyl sites for hydroxylation is 1. The molecular weight excluding hydrogens is 308 g/mol. The van der Waals surface area contributed by atoms with Crippen LogP contribution >= 0.6 is 22.9 Å². The quantitative estimate of drug-likeness (QED) is 0.679. The Morgan fingerprint density at radius 3 is 2.86 bits per heavy atom. The summed E-state index contributed by atoms with van der Waals surface area (Å²) in [6.07, 6.45) is 1.89. The van der Waals surface area contributed by atoms with Gasteiger partial charge in [-0.2, -0.15) is 0 Å². The van der Waals surface area contributed by atoms with Gasteiger partial charge < -0.3 is 4.74 Å². The second-order valence-electron chi connectivity index (χ2n) is 4.50. The zero-order valence-corrected chi connectivity index (χ0v) is 13.2. The number of esters is 1. The third-order valence-electron chi connectivity index (χ3n) is 3.17. The van der Waals surface area contributed by atoms with E-state index in [0.29, 0.717) is 16.5 Å². The van der Waals surface area contributed by atoms with Crippen molar-refractivity contribution in [2.24, 2.45) is 0 Å². The molecule has 0 N–H and O–H groups in total. The van der Waals surface area contributed by atoms with Gasteiger partial charge in [-0.15, -0.1) is 0 Å². The number of carbonyl (C=O) groups excluding carboxylic acids is 1. The smallest absolute Gasteiger partial charge is 0.350 e. The lowest BCUT2D eigenvalue weighted by Gasteiger charge is -2.00. The van der Waals surface area contributed by atoms with Gasteiger partial charge in [0.1, 0.15) is 4.88 Å². The third kappa shape index (κ3) is 2.43. The van der Waals surface area contributed by atoms with Crippen LogP contribution in [0.2, 0.25) is 5.02 Å². The van der Waals surface area contributed by atoms with Gasteiger partial charge in [0, 0.05) is 17.5 Å². The lowest BCUT2D eigenvalue weighted by Crippen LogP contribution is -2.04. The number of carbonyl (C=O) groups is 1. The van der Waals surface area contributed by atoms with Gasteiger partial charge in [0.15, 0.2) is 4.96 Å². The number of imidazole rings is 1. The van der Waals surface area contributed by atoms with Crippen LogP contribution in [-0.4, -0.2) is 22.0 Å². The Morgan fingerprint density at radius 1 is 1.43 bits per heavy atom. The van der Waals surface area contributed by atoms with Crippen LogP contribution in [0.4, 0.5) is 0 Å². The van der Waals surface area contributed by atoms with Gasteiger partial charge in [0.25, 0.3) is 0 Å². The predicted molar refractivity (Wildman–Crippen MR) is 84.2 cm³/mol. The minimum absolute atomic E-state index is 0.301. The van der Waals surface area contributed by atoms with Crippen molar-refractivity contribution >= 4 is 33.9 Å². The van der Waals surface area contributed by atoms with Crippen molar-refractivity contribution in [1.29, 1.82) is 0 Å². The first kappa shape index (κ1) is 14.1. The van der Waals surface area contributed by atoms with Gasteiger partial charge in [0.2, 0.25) is 0 Å². The molecule has 0 aliphatic heterocycles. The van der Waals surface area contributed by atoms with Crippen LogP contribution in [-0.2, 0) is 4.74 Å². The van der Waals surface area contributed by atoms with Crippen LogP contribution in [0.25, 0.3) is 16.2 Å². The molecule has 0 radical (unpaired) electrons. The molecule has 0 atom stereocenters. The Balaban J connectivity index is 2.07. The van der Waals surface area contributed by atoms with Crippen LogP contribution in [0.5, 0.6) is 0 Å². The van der Waals surface area contributed by atoms with E-state index in [9.17, 15) is 4.79 Å². The summed E-state index contributed by atoms with van der Waals surface area (Å²) in [5, 5.41) is 0.659. The van der Waals surface area contributed by atoms with E-state index in [2.05, 4.69) is 4.98 Å². The van der Waals surface area contributed by atoms with E-state index >= 15 is 0 Å². The molecule has 0 saturated heterocycles. The Morgan fingerprint density at radius 2 is 2.19 bits per heavy atom. The van der Waals surface area contributed by atoms with Crippen molar-refractivity contribution in [2.75, 3.05) is 6.61 Å². The molecule has 0 saturated carbocycles. The normalized spacial score (nSPS) is 11.0. The Bertz CT molecular complexity index is 822. The van der Waals surface area contributed by atoms with Gasteiger partial charge in [-0.3, -0.25) is 4.40 Å². The molecule has 0 aliphatic rings. The molecule has 6 heteroatoms. The third-order valence-corrected chi connectivity index (χ3v) is 4.63. The second-order valence-corrected chi connectivity index (χ2v) is 5.88. The molecule has 0 bridgehead atoms. The highest BCUT2D eigenvalue weighted by molar-refractivity contribution is 7.19. The molecule has 3 rings (SSSR count). The molecule has 0 unspecified atom stereocenters. The van der Waals surface area contributed by atoms with Gasteiger partial charge in [-0.05, 0) is 19.9 Å². The lowest BCUT2D eigenvalue weighted by atomic mass is 10.2. The molecule has 0 fully saturated rings. The van der Waals surface area contributed by atoms with Crippen LogP contribution in [0, 0.1) is 6.92 Å². The summed E-state index contributed by atoms with van der Waals surface area (Å²) in [7, 11) is 0. The summed E-state index contributed by atoms with van der Waals surface area (Å²) in [5.74, 6) is -0.301. The summed E-state index contributed by atoms with van der Waals surface area (Å²) in [5.41, 5.74) is 2.51. The topological polar surface area (TPSA) is 43.6 Å². The average molecular weight is 321 g/mol. The fourth-order valence-electron chi connectivity index (χ4n) is 2.13. The molecule has 21 heavy (non-hydrogen) atoms. The first-order valence-electron chi connectivity index (χ1n) is 6.52. The number of benzene rings is 1. The Kier molecular flexibility index (Phi) is 3.69. The van der Waals surface area contributed by atoms with Crippen molar-refractivity contribution in [2.45, 2.75) is 13.8 Å². The maximum Gasteiger partial charge on any atom is 0.350 e. The number of fused-ring (bicyclic) bond motifs is 1. The number of nitrogens with zero attached hydrogens (tertiary/aromatic N) is 2. The van der Waals surface area contributed by atoms with Crippen LogP contribution in [0.1, 0.15) is 22.3 Å². The summed E-state index contributed by atoms with van der Waals surface area (Å²) < 4.78 is 6.95. The molecule has 0 aliphatic carbocycles. The Hall–Kier alpha value is -1.85. The minimum Gasteiger partial charge on any atom is -0.462 e. The van der Waals surface area contributed by atoms with Crippen LogP contribution < -0.4 is 0 Å². The SMILES string of the molecule is CCOC(=O)c1sc2nc(-c3ccccc3Cl)cn2c1C. The number of rotatable bonds is 3. The number of aromatic nitrogens is 2. The molecule has 0 spiro atoms. The number of halogens is 1. The zero-order valence-electron chi connectivity index (χ0n) is 11.6. The highest BCUT2D eigenvalue weighted by Gasteiger charge is 2.19. The highest BCUT2D eigenvalue weighted by atomic mass is 35.5. The number of hydrogen-bond donors (Lipinski definition) is 0. The standard InChI is InChI=1S/C15H13ClN2O2S/c1-3-20-14(19)13-9(2)18-8-12(17-15(18)21-13)10-6-4-5-7-11(10)16/h4-8H,3H2,1-2H3. The fraction of sp³-hybridized carbons (Fsp3) is 0.200. The zero-order chi connectivity index (χ0) is 15.0. The van der Waals surface area contributed by atoms with Gasteiger partial charge >= 0.3 is 5.97 Å². The molecule has 3 aromatic rings. The van der Waals surface area contributed by atoms with Gasteiger partial charge in [0.05, 0.1) is 17.3 Å². The summed E-state index contributed by atoms with van der Waals surface area (Å²) >= 11 is 7.52. The fourth-order valence-corrected chi connectivity index (χ4v) is 3.37. The molecule has 108 valence electrons. The lowest BCUT2D eigenvalue weighted by molar-refractivity contribution is 0.0531. The van der Waals surface area contributed by atoms with E-state index in [4.69, 9.17) is 16.3 Å². The van der Waals surface area contributed by atoms with E-state index in [1.165, 1.54) is 11.3 Å². The van der Waals surface area contributed by atoms with Crippen molar-refractivity contribution in [1.82, 2.24) is 9.38 Å². The van der Waals surface area contributed by atoms with E-state index < -0.39 is 0 Å². The summed E-state index contributed by atoms with van der Waals surface area (Å²) in [6, 6.07) is 7.57. The van der Waals surface area contributed by atoms with Gasteiger partial charge in [-0.25, -0.2) is 9.78 Å². The largest absolute Gasteiger partial charge is 0.462 e. The number of hydrogen-bond acceptors (Lipinski definition) is 4. The summed E-state index contributed by atoms with van der Waals surface area (Å²) in [4.78, 5) is 17.8. The Labute approximate surface area is 131 Å². The maximum absolute atomic E-state index is 11.9. The molecule has 2 aromatic heterocycles. The highest BCUT2D eigenvalue weighted by Crippen LogP contribution is 2.30. The molecule has 1 aromatic carbocycles. The molecule has 2 heterocycles. The number of ether oxygens (including phenoxy) is 1. The molecule has 0 amide bonds. The molecule has 4 nitrogen and oxygen atoms in total. The van der Waals surface area contributed by atoms with Crippen molar-refractivity contribution in [3.63, 3.8) is 0 Å². The van der Waals surface area contributed by atoms with E-state index in [1.54, 1.807) is 6.92 Å². The van der Waals surface area contributed by atoms with Gasteiger partial charge in [-0.1, -0.05) is 41.1 Å². The van der Waals surface area contributed by atoms with E-state index in [-0.39, 0.29) is 5.97 Å². The average Bonchev–Trinajstić information content (AvgIpc) is 3.00. The second kappa shape index (κ2) is 5.50. The van der Waals surface area contributed by atoms with Crippen LogP contribution in [0.15, 0.2) is 30.5 Å². The van der Waals surface area contributed by atoms with Crippen LogP contribution in [0.3, 0.4) is 0 Å². The van der Waals surface area contributed by atoms with Crippen molar-refractivity contribution < 1.29 is 9.53 Å². The van der Waals surface area contributed by atoms with Crippen molar-refractivity contribution in [3.8, 4) is 11.3 Å².